The molecule has 2 aromatic rings. The zero-order valence-corrected chi connectivity index (χ0v) is 32.6. The van der Waals surface area contributed by atoms with Gasteiger partial charge in [0.2, 0.25) is 0 Å². The summed E-state index contributed by atoms with van der Waals surface area (Å²) in [7, 11) is 0. The van der Waals surface area contributed by atoms with Gasteiger partial charge >= 0.3 is 11.9 Å². The minimum atomic E-state index is -0.788. The largest absolute Gasteiger partial charge is 0.422 e. The molecule has 2 aliphatic heterocycles. The second-order valence-corrected chi connectivity index (χ2v) is 17.2. The molecule has 2 saturated heterocycles. The molecule has 10 nitrogen and oxygen atoms in total. The standard InChI is InChI=1S/C44H44N6O4S/c1-43(2)21-33(35(25-45)39(23-43)49-17-5-6-18-49)37(27-47)41(51)53-29-9-13-31(14-10-29)55-32-15-11-30(12-16-32)54-42(52)38(28-48)34-22-44(3,4)24-40(36(34)26-46)50-19-7-8-20-50/h9-16H,5-8,17-24H2,1-4H3/b37-33+,38-34+. The molecule has 280 valence electrons. The first-order valence-electron chi connectivity index (χ1n) is 18.7. The predicted molar refractivity (Wildman–Crippen MR) is 206 cm³/mol. The van der Waals surface area contributed by atoms with Gasteiger partial charge in [-0.1, -0.05) is 39.5 Å². The zero-order valence-electron chi connectivity index (χ0n) is 31.8. The van der Waals surface area contributed by atoms with Crippen molar-refractivity contribution in [3.8, 4) is 35.8 Å². The number of allylic oxidation sites excluding steroid dienone is 6. The lowest BCUT2D eigenvalue weighted by molar-refractivity contribution is -0.130. The molecular weight excluding hydrogens is 709 g/mol. The molecule has 55 heavy (non-hydrogen) atoms. The molecular formula is C44H44N6O4S. The maximum atomic E-state index is 13.4. The molecule has 0 bridgehead atoms. The fraction of sp³-hybridized carbons (Fsp3) is 0.409. The molecule has 0 saturated carbocycles. The van der Waals surface area contributed by atoms with E-state index in [1.165, 1.54) is 11.8 Å². The van der Waals surface area contributed by atoms with Gasteiger partial charge < -0.3 is 19.3 Å². The number of likely N-dealkylation sites (tertiary alicyclic amines) is 2. The van der Waals surface area contributed by atoms with Gasteiger partial charge in [-0.05, 0) is 122 Å². The van der Waals surface area contributed by atoms with Crippen LogP contribution in [0.15, 0.2) is 103 Å². The zero-order chi connectivity index (χ0) is 39.3. The molecule has 2 fully saturated rings. The van der Waals surface area contributed by atoms with Gasteiger partial charge in [-0.15, -0.1) is 0 Å². The van der Waals surface area contributed by atoms with Crippen LogP contribution in [0.2, 0.25) is 0 Å². The Hall–Kier alpha value is -5.75. The van der Waals surface area contributed by atoms with Crippen LogP contribution in [0.5, 0.6) is 11.5 Å². The molecule has 0 N–H and O–H groups in total. The Morgan fingerprint density at radius 1 is 0.582 bits per heavy atom. The number of nitriles is 4. The molecule has 2 heterocycles. The molecule has 0 atom stereocenters. The first-order valence-corrected chi connectivity index (χ1v) is 19.5. The monoisotopic (exact) mass is 752 g/mol. The van der Waals surface area contributed by atoms with Crippen molar-refractivity contribution in [2.45, 2.75) is 88.9 Å². The SMILES string of the molecule is CC1(C)CC(N2CCCC2)=C(C#N)/C(=C(\C#N)C(=O)Oc2ccc(Sc3ccc(OC(=O)/C(C#N)=C4\CC(C)(C)CC(N5CCCC5)=C4C#N)cc3)cc2)C1. The lowest BCUT2D eigenvalue weighted by atomic mass is 9.72. The third-order valence-electron chi connectivity index (χ3n) is 10.5. The van der Waals surface area contributed by atoms with Crippen molar-refractivity contribution in [2.75, 3.05) is 26.2 Å². The fourth-order valence-corrected chi connectivity index (χ4v) is 8.79. The van der Waals surface area contributed by atoms with Crippen LogP contribution in [0, 0.1) is 56.2 Å². The fourth-order valence-electron chi connectivity index (χ4n) is 7.97. The van der Waals surface area contributed by atoms with Crippen molar-refractivity contribution in [2.24, 2.45) is 10.8 Å². The number of hydrogen-bond acceptors (Lipinski definition) is 11. The Labute approximate surface area is 327 Å². The van der Waals surface area contributed by atoms with Gasteiger partial charge in [0.15, 0.2) is 0 Å². The van der Waals surface area contributed by atoms with Crippen LogP contribution in [-0.2, 0) is 9.59 Å². The molecule has 6 rings (SSSR count). The van der Waals surface area contributed by atoms with Gasteiger partial charge in [0.1, 0.15) is 46.9 Å². The van der Waals surface area contributed by atoms with Gasteiger partial charge in [-0.25, -0.2) is 9.59 Å². The van der Waals surface area contributed by atoms with Crippen LogP contribution in [0.4, 0.5) is 0 Å². The van der Waals surface area contributed by atoms with Crippen molar-refractivity contribution in [1.82, 2.24) is 9.80 Å². The molecule has 0 radical (unpaired) electrons. The van der Waals surface area contributed by atoms with Crippen LogP contribution >= 0.6 is 11.8 Å². The second-order valence-electron chi connectivity index (χ2n) is 16.0. The minimum absolute atomic E-state index is 0.144. The Bertz CT molecular complexity index is 2020. The highest BCUT2D eigenvalue weighted by Gasteiger charge is 2.38. The van der Waals surface area contributed by atoms with E-state index < -0.39 is 11.9 Å². The minimum Gasteiger partial charge on any atom is -0.422 e. The highest BCUT2D eigenvalue weighted by atomic mass is 32.2. The summed E-state index contributed by atoms with van der Waals surface area (Å²) in [6, 6.07) is 22.5. The smallest absolute Gasteiger partial charge is 0.354 e. The number of nitrogens with zero attached hydrogens (tertiary/aromatic N) is 6. The summed E-state index contributed by atoms with van der Waals surface area (Å²) in [6.45, 7) is 11.8. The Morgan fingerprint density at radius 3 is 1.24 bits per heavy atom. The van der Waals surface area contributed by atoms with E-state index in [2.05, 4.69) is 49.6 Å². The van der Waals surface area contributed by atoms with Crippen molar-refractivity contribution in [1.29, 1.82) is 21.0 Å². The van der Waals surface area contributed by atoms with E-state index in [-0.39, 0.29) is 33.5 Å². The normalized spacial score (nSPS) is 20.9. The topological polar surface area (TPSA) is 154 Å². The average molecular weight is 753 g/mol. The summed E-state index contributed by atoms with van der Waals surface area (Å²) in [5, 5.41) is 40.5. The van der Waals surface area contributed by atoms with Gasteiger partial charge in [-0.3, -0.25) is 0 Å². The molecule has 0 amide bonds. The van der Waals surface area contributed by atoms with E-state index in [0.29, 0.717) is 48.0 Å². The molecule has 0 spiro atoms. The third-order valence-corrected chi connectivity index (χ3v) is 11.5. The quantitative estimate of drug-likeness (QED) is 0.110. The van der Waals surface area contributed by atoms with Gasteiger partial charge in [0, 0.05) is 47.4 Å². The molecule has 4 aliphatic rings. The second kappa shape index (κ2) is 16.3. The number of ether oxygens (including phenoxy) is 2. The van der Waals surface area contributed by atoms with E-state index in [1.54, 1.807) is 48.5 Å². The number of rotatable bonds is 8. The van der Waals surface area contributed by atoms with Crippen LogP contribution in [0.1, 0.15) is 79.1 Å². The highest BCUT2D eigenvalue weighted by molar-refractivity contribution is 7.99. The number of benzene rings is 2. The summed E-state index contributed by atoms with van der Waals surface area (Å²) in [5.41, 5.74) is 2.79. The predicted octanol–water partition coefficient (Wildman–Crippen LogP) is 8.68. The summed E-state index contributed by atoms with van der Waals surface area (Å²) < 4.78 is 11.3. The Balaban J connectivity index is 1.13. The first-order chi connectivity index (χ1) is 26.3. The van der Waals surface area contributed by atoms with Crippen molar-refractivity contribution >= 4 is 23.7 Å². The van der Waals surface area contributed by atoms with Crippen LogP contribution < -0.4 is 9.47 Å². The molecule has 0 aromatic heterocycles. The molecule has 2 aromatic carbocycles. The van der Waals surface area contributed by atoms with E-state index in [4.69, 9.17) is 9.47 Å². The van der Waals surface area contributed by atoms with E-state index in [9.17, 15) is 30.6 Å². The lowest BCUT2D eigenvalue weighted by Gasteiger charge is -2.37. The van der Waals surface area contributed by atoms with Gasteiger partial charge in [0.25, 0.3) is 0 Å². The lowest BCUT2D eigenvalue weighted by Crippen LogP contribution is -2.30. The van der Waals surface area contributed by atoms with Crippen LogP contribution in [0.3, 0.4) is 0 Å². The molecule has 2 aliphatic carbocycles. The van der Waals surface area contributed by atoms with Crippen molar-refractivity contribution in [3.63, 3.8) is 0 Å². The average Bonchev–Trinajstić information content (AvgIpc) is 3.89. The summed E-state index contributed by atoms with van der Waals surface area (Å²) >= 11 is 1.44. The van der Waals surface area contributed by atoms with Crippen molar-refractivity contribution in [3.05, 3.63) is 93.4 Å². The van der Waals surface area contributed by atoms with E-state index in [0.717, 1.165) is 73.0 Å². The maximum absolute atomic E-state index is 13.4. The number of hydrogen-bond donors (Lipinski definition) is 0. The van der Waals surface area contributed by atoms with E-state index in [1.807, 2.05) is 12.1 Å². The van der Waals surface area contributed by atoms with Crippen LogP contribution in [0.25, 0.3) is 0 Å². The molecule has 0 unspecified atom stereocenters. The van der Waals surface area contributed by atoms with Gasteiger partial charge in [0.05, 0.1) is 11.1 Å². The maximum Gasteiger partial charge on any atom is 0.354 e. The third kappa shape index (κ3) is 8.81. The first kappa shape index (κ1) is 39.0. The Kier molecular flexibility index (Phi) is 11.6. The Morgan fingerprint density at radius 2 is 0.927 bits per heavy atom. The summed E-state index contributed by atoms with van der Waals surface area (Å²) in [6.07, 6.45) is 6.47. The molecule has 11 heteroatoms. The number of esters is 2. The highest BCUT2D eigenvalue weighted by Crippen LogP contribution is 2.46. The van der Waals surface area contributed by atoms with E-state index >= 15 is 0 Å². The van der Waals surface area contributed by atoms with Gasteiger partial charge in [-0.2, -0.15) is 21.0 Å². The van der Waals surface area contributed by atoms with Crippen molar-refractivity contribution < 1.29 is 19.1 Å². The van der Waals surface area contributed by atoms with Crippen LogP contribution in [-0.4, -0.2) is 47.9 Å². The number of carbonyl (C=O) groups excluding carboxylic acids is 2. The number of carbonyl (C=O) groups is 2. The summed E-state index contributed by atoms with van der Waals surface area (Å²) in [4.78, 5) is 32.9. The summed E-state index contributed by atoms with van der Waals surface area (Å²) in [5.74, 6) is -1.03.